The minimum absolute atomic E-state index is 0.108. The summed E-state index contributed by atoms with van der Waals surface area (Å²) in [5, 5.41) is 15.5. The highest BCUT2D eigenvalue weighted by atomic mass is 16.3. The Morgan fingerprint density at radius 3 is 1.93 bits per heavy atom. The van der Waals surface area contributed by atoms with Crippen molar-refractivity contribution in [3.05, 3.63) is 12.2 Å². The van der Waals surface area contributed by atoms with E-state index >= 15 is 0 Å². The summed E-state index contributed by atoms with van der Waals surface area (Å²) in [6.07, 6.45) is 24.0. The number of aliphatic hydroxyl groups excluding tert-OH is 1. The lowest BCUT2D eigenvalue weighted by atomic mass is 10.1. The van der Waals surface area contributed by atoms with Crippen LogP contribution in [0.25, 0.3) is 0 Å². The van der Waals surface area contributed by atoms with Gasteiger partial charge >= 0.3 is 0 Å². The van der Waals surface area contributed by atoms with Crippen LogP contribution in [0.2, 0.25) is 0 Å². The molecule has 0 aliphatic carbocycles. The zero-order valence-electron chi connectivity index (χ0n) is 19.5. The van der Waals surface area contributed by atoms with E-state index in [-0.39, 0.29) is 12.0 Å². The molecule has 0 aromatic carbocycles. The molecule has 3 N–H and O–H groups in total. The Balaban J connectivity index is 3.21. The molecule has 0 aromatic heterocycles. The van der Waals surface area contributed by atoms with Crippen LogP contribution in [0.4, 0.5) is 0 Å². The van der Waals surface area contributed by atoms with E-state index in [1.54, 1.807) is 0 Å². The molecule has 0 aliphatic rings. The number of carbonyl (C=O) groups is 1. The highest BCUT2D eigenvalue weighted by Crippen LogP contribution is 2.09. The van der Waals surface area contributed by atoms with Crippen LogP contribution in [0, 0.1) is 0 Å². The zero-order valence-corrected chi connectivity index (χ0v) is 19.5. The summed E-state index contributed by atoms with van der Waals surface area (Å²) in [7, 11) is 0. The van der Waals surface area contributed by atoms with Gasteiger partial charge in [-0.1, -0.05) is 83.8 Å². The van der Waals surface area contributed by atoms with Gasteiger partial charge in [0.1, 0.15) is 0 Å². The molecule has 0 saturated heterocycles. The smallest absolute Gasteiger partial charge is 0.221 e. The van der Waals surface area contributed by atoms with Crippen LogP contribution in [0.3, 0.4) is 0 Å². The molecule has 0 heterocycles. The maximum absolute atomic E-state index is 11.7. The van der Waals surface area contributed by atoms with E-state index in [9.17, 15) is 9.90 Å². The average molecular weight is 411 g/mol. The number of unbranched alkanes of at least 4 members (excludes halogenated alkanes) is 12. The lowest BCUT2D eigenvalue weighted by molar-refractivity contribution is -0.121. The molecule has 4 heteroatoms. The van der Waals surface area contributed by atoms with Crippen LogP contribution in [0.5, 0.6) is 0 Å². The second-order valence-corrected chi connectivity index (χ2v) is 8.30. The van der Waals surface area contributed by atoms with Gasteiger partial charge in [-0.15, -0.1) is 0 Å². The molecule has 4 nitrogen and oxygen atoms in total. The van der Waals surface area contributed by atoms with Gasteiger partial charge in [0.2, 0.25) is 5.91 Å². The minimum Gasteiger partial charge on any atom is -0.392 e. The molecule has 1 amide bonds. The Labute approximate surface area is 181 Å². The van der Waals surface area contributed by atoms with E-state index < -0.39 is 0 Å². The number of rotatable bonds is 22. The standard InChI is InChI=1S/C25H50N2O2/c1-3-5-6-7-8-9-10-11-12-13-14-15-16-17-18-19-21-27-25(29)20-22-26-23-24(28)4-2/h11-12,24,26,28H,3-10,13-23H2,1-2H3,(H,27,29)/b12-11+. The van der Waals surface area contributed by atoms with Crippen molar-refractivity contribution in [2.45, 2.75) is 123 Å². The van der Waals surface area contributed by atoms with Crippen LogP contribution < -0.4 is 10.6 Å². The number of hydrogen-bond acceptors (Lipinski definition) is 3. The topological polar surface area (TPSA) is 61.4 Å². The first-order valence-electron chi connectivity index (χ1n) is 12.5. The molecule has 1 unspecified atom stereocenters. The van der Waals surface area contributed by atoms with Gasteiger partial charge in [0.15, 0.2) is 0 Å². The predicted octanol–water partition coefficient (Wildman–Crippen LogP) is 5.89. The van der Waals surface area contributed by atoms with Crippen molar-refractivity contribution in [1.29, 1.82) is 0 Å². The van der Waals surface area contributed by atoms with E-state index in [0.717, 1.165) is 19.4 Å². The first-order chi connectivity index (χ1) is 14.2. The van der Waals surface area contributed by atoms with Gasteiger partial charge in [0, 0.05) is 26.1 Å². The molecular weight excluding hydrogens is 360 g/mol. The van der Waals surface area contributed by atoms with Crippen molar-refractivity contribution in [2.75, 3.05) is 19.6 Å². The van der Waals surface area contributed by atoms with Gasteiger partial charge in [-0.3, -0.25) is 4.79 Å². The number of carbonyl (C=O) groups excluding carboxylic acids is 1. The first-order valence-corrected chi connectivity index (χ1v) is 12.5. The van der Waals surface area contributed by atoms with Crippen LogP contribution in [-0.4, -0.2) is 36.8 Å². The normalized spacial score (nSPS) is 12.5. The maximum Gasteiger partial charge on any atom is 0.221 e. The predicted molar refractivity (Wildman–Crippen MR) is 126 cm³/mol. The summed E-state index contributed by atoms with van der Waals surface area (Å²) < 4.78 is 0. The summed E-state index contributed by atoms with van der Waals surface area (Å²) in [4.78, 5) is 11.7. The summed E-state index contributed by atoms with van der Waals surface area (Å²) >= 11 is 0. The Kier molecular flexibility index (Phi) is 22.7. The van der Waals surface area contributed by atoms with Crippen LogP contribution in [-0.2, 0) is 4.79 Å². The monoisotopic (exact) mass is 410 g/mol. The third-order valence-corrected chi connectivity index (χ3v) is 5.39. The fourth-order valence-electron chi connectivity index (χ4n) is 3.30. The van der Waals surface area contributed by atoms with Crippen molar-refractivity contribution in [3.63, 3.8) is 0 Å². The van der Waals surface area contributed by atoms with Crippen molar-refractivity contribution in [1.82, 2.24) is 10.6 Å². The summed E-state index contributed by atoms with van der Waals surface area (Å²) in [6, 6.07) is 0. The minimum atomic E-state index is -0.306. The lowest BCUT2D eigenvalue weighted by Gasteiger charge is -2.09. The molecule has 0 aromatic rings. The van der Waals surface area contributed by atoms with Crippen LogP contribution >= 0.6 is 0 Å². The Morgan fingerprint density at radius 2 is 1.34 bits per heavy atom. The molecule has 0 saturated carbocycles. The Hall–Kier alpha value is -0.870. The molecule has 0 fully saturated rings. The molecule has 1 atom stereocenters. The first kappa shape index (κ1) is 28.1. The van der Waals surface area contributed by atoms with Crippen LogP contribution in [0.1, 0.15) is 117 Å². The van der Waals surface area contributed by atoms with Crippen molar-refractivity contribution >= 4 is 5.91 Å². The van der Waals surface area contributed by atoms with E-state index in [1.165, 1.54) is 83.5 Å². The lowest BCUT2D eigenvalue weighted by Crippen LogP contribution is -2.31. The van der Waals surface area contributed by atoms with Gasteiger partial charge in [0.25, 0.3) is 0 Å². The van der Waals surface area contributed by atoms with Gasteiger partial charge < -0.3 is 15.7 Å². The SMILES string of the molecule is CCCCCCCC/C=C/CCCCCCCCNC(=O)CCNCC(O)CC. The molecule has 0 radical (unpaired) electrons. The van der Waals surface area contributed by atoms with Gasteiger partial charge in [0.05, 0.1) is 6.10 Å². The summed E-state index contributed by atoms with van der Waals surface area (Å²) in [5.74, 6) is 0.108. The molecule has 172 valence electrons. The molecule has 0 aliphatic heterocycles. The van der Waals surface area contributed by atoms with Gasteiger partial charge in [-0.25, -0.2) is 0 Å². The maximum atomic E-state index is 11.7. The van der Waals surface area contributed by atoms with Gasteiger partial charge in [-0.05, 0) is 38.5 Å². The van der Waals surface area contributed by atoms with Gasteiger partial charge in [-0.2, -0.15) is 0 Å². The van der Waals surface area contributed by atoms with E-state index in [0.29, 0.717) is 19.5 Å². The highest BCUT2D eigenvalue weighted by Gasteiger charge is 2.02. The number of amides is 1. The largest absolute Gasteiger partial charge is 0.392 e. The molecule has 0 spiro atoms. The zero-order chi connectivity index (χ0) is 21.4. The third-order valence-electron chi connectivity index (χ3n) is 5.39. The van der Waals surface area contributed by atoms with Crippen molar-refractivity contribution < 1.29 is 9.90 Å². The fourth-order valence-corrected chi connectivity index (χ4v) is 3.30. The molecule has 29 heavy (non-hydrogen) atoms. The number of aliphatic hydroxyl groups is 1. The quantitative estimate of drug-likeness (QED) is 0.154. The number of hydrogen-bond donors (Lipinski definition) is 3. The number of allylic oxidation sites excluding steroid dienone is 2. The molecular formula is C25H50N2O2. The summed E-state index contributed by atoms with van der Waals surface area (Å²) in [5.41, 5.74) is 0. The number of nitrogens with one attached hydrogen (secondary N) is 2. The van der Waals surface area contributed by atoms with Crippen molar-refractivity contribution in [2.24, 2.45) is 0 Å². The molecule has 0 bridgehead atoms. The highest BCUT2D eigenvalue weighted by molar-refractivity contribution is 5.75. The van der Waals surface area contributed by atoms with E-state index in [1.807, 2.05) is 6.92 Å². The second kappa shape index (κ2) is 23.4. The summed E-state index contributed by atoms with van der Waals surface area (Å²) in [6.45, 7) is 6.22. The van der Waals surface area contributed by atoms with E-state index in [2.05, 4.69) is 29.7 Å². The Bertz CT molecular complexity index is 372. The second-order valence-electron chi connectivity index (χ2n) is 8.30. The Morgan fingerprint density at radius 1 is 0.793 bits per heavy atom. The molecule has 0 rings (SSSR count). The van der Waals surface area contributed by atoms with E-state index in [4.69, 9.17) is 0 Å². The van der Waals surface area contributed by atoms with Crippen molar-refractivity contribution in [3.8, 4) is 0 Å². The average Bonchev–Trinajstić information content (AvgIpc) is 2.73. The fraction of sp³-hybridized carbons (Fsp3) is 0.880. The van der Waals surface area contributed by atoms with Crippen LogP contribution in [0.15, 0.2) is 12.2 Å². The third kappa shape index (κ3) is 23.3.